The zero-order valence-corrected chi connectivity index (χ0v) is 18.8. The summed E-state index contributed by atoms with van der Waals surface area (Å²) >= 11 is 0. The number of hydrogen-bond acceptors (Lipinski definition) is 3. The van der Waals surface area contributed by atoms with Gasteiger partial charge in [0.15, 0.2) is 0 Å². The monoisotopic (exact) mass is 401 g/mol. The fourth-order valence-electron chi connectivity index (χ4n) is 4.30. The van der Waals surface area contributed by atoms with Crippen molar-refractivity contribution in [1.29, 1.82) is 0 Å². The van der Waals surface area contributed by atoms with Crippen molar-refractivity contribution in [3.8, 4) is 5.69 Å². The Bertz CT molecular complexity index is 1180. The van der Waals surface area contributed by atoms with Crippen LogP contribution in [-0.4, -0.2) is 19.6 Å². The van der Waals surface area contributed by atoms with Crippen molar-refractivity contribution in [2.24, 2.45) is 0 Å². The maximum absolute atomic E-state index is 4.73. The first kappa shape index (κ1) is 20.4. The number of nitrogens with zero attached hydrogens (tertiary/aromatic N) is 4. The molecule has 0 aliphatic carbocycles. The van der Waals surface area contributed by atoms with Crippen molar-refractivity contribution in [2.45, 2.75) is 60.2 Å². The van der Waals surface area contributed by atoms with Crippen LogP contribution in [-0.2, 0) is 6.54 Å². The molecule has 156 valence electrons. The van der Waals surface area contributed by atoms with E-state index in [2.05, 4.69) is 98.7 Å². The van der Waals surface area contributed by atoms with E-state index in [0.717, 1.165) is 23.6 Å². The maximum Gasteiger partial charge on any atom is 0.0727 e. The SMILES string of the molecule is Cc1nn(C(C)C)c(C)c1CNC(C)c1cnn(-c2cccc3ccccc23)c1C. The van der Waals surface area contributed by atoms with Gasteiger partial charge in [0.05, 0.1) is 17.6 Å². The summed E-state index contributed by atoms with van der Waals surface area (Å²) in [6.07, 6.45) is 1.99. The third-order valence-corrected chi connectivity index (χ3v) is 6.06. The molecule has 0 bridgehead atoms. The van der Waals surface area contributed by atoms with E-state index >= 15 is 0 Å². The Morgan fingerprint density at radius 3 is 2.40 bits per heavy atom. The van der Waals surface area contributed by atoms with Gasteiger partial charge < -0.3 is 5.32 Å². The van der Waals surface area contributed by atoms with Crippen molar-refractivity contribution < 1.29 is 0 Å². The highest BCUT2D eigenvalue weighted by molar-refractivity contribution is 5.90. The second-order valence-corrected chi connectivity index (χ2v) is 8.39. The van der Waals surface area contributed by atoms with Crippen LogP contribution in [0.4, 0.5) is 0 Å². The number of hydrogen-bond donors (Lipinski definition) is 1. The largest absolute Gasteiger partial charge is 0.306 e. The molecule has 0 aliphatic rings. The molecule has 1 atom stereocenters. The van der Waals surface area contributed by atoms with Gasteiger partial charge in [-0.05, 0) is 53.0 Å². The molecule has 0 saturated carbocycles. The highest BCUT2D eigenvalue weighted by Gasteiger charge is 2.18. The molecule has 2 heterocycles. The lowest BCUT2D eigenvalue weighted by molar-refractivity contribution is 0.514. The van der Waals surface area contributed by atoms with Crippen molar-refractivity contribution in [3.05, 3.63) is 76.9 Å². The molecule has 30 heavy (non-hydrogen) atoms. The smallest absolute Gasteiger partial charge is 0.0727 e. The topological polar surface area (TPSA) is 47.7 Å². The lowest BCUT2D eigenvalue weighted by atomic mass is 10.1. The first-order chi connectivity index (χ1) is 14.4. The Labute approximate surface area is 178 Å². The second kappa shape index (κ2) is 8.07. The van der Waals surface area contributed by atoms with Crippen LogP contribution in [0, 0.1) is 20.8 Å². The van der Waals surface area contributed by atoms with Crippen molar-refractivity contribution in [2.75, 3.05) is 0 Å². The van der Waals surface area contributed by atoms with Crippen molar-refractivity contribution in [3.63, 3.8) is 0 Å². The molecule has 2 aromatic carbocycles. The number of aryl methyl sites for hydroxylation is 1. The molecular formula is C25H31N5. The van der Waals surface area contributed by atoms with Crippen LogP contribution in [0.2, 0.25) is 0 Å². The zero-order chi connectivity index (χ0) is 21.4. The molecule has 0 fully saturated rings. The lowest BCUT2D eigenvalue weighted by Crippen LogP contribution is -2.19. The Kier molecular flexibility index (Phi) is 5.48. The minimum atomic E-state index is 0.190. The molecule has 1 N–H and O–H groups in total. The third kappa shape index (κ3) is 3.54. The van der Waals surface area contributed by atoms with Crippen LogP contribution < -0.4 is 5.32 Å². The third-order valence-electron chi connectivity index (χ3n) is 6.06. The molecule has 2 aromatic heterocycles. The number of benzene rings is 2. The maximum atomic E-state index is 4.73. The van der Waals surface area contributed by atoms with Crippen LogP contribution >= 0.6 is 0 Å². The van der Waals surface area contributed by atoms with Gasteiger partial charge in [-0.3, -0.25) is 4.68 Å². The van der Waals surface area contributed by atoms with Crippen LogP contribution in [0.25, 0.3) is 16.5 Å². The molecule has 0 aliphatic heterocycles. The van der Waals surface area contributed by atoms with E-state index in [0.29, 0.717) is 6.04 Å². The second-order valence-electron chi connectivity index (χ2n) is 8.39. The average molecular weight is 402 g/mol. The fraction of sp³-hybridized carbons (Fsp3) is 0.360. The van der Waals surface area contributed by atoms with Crippen molar-refractivity contribution >= 4 is 10.8 Å². The zero-order valence-electron chi connectivity index (χ0n) is 18.8. The van der Waals surface area contributed by atoms with Gasteiger partial charge in [-0.25, -0.2) is 4.68 Å². The summed E-state index contributed by atoms with van der Waals surface area (Å²) in [4.78, 5) is 0. The Hall–Kier alpha value is -2.92. The molecule has 5 heteroatoms. The van der Waals surface area contributed by atoms with Crippen LogP contribution in [0.15, 0.2) is 48.7 Å². The molecule has 0 spiro atoms. The molecule has 0 radical (unpaired) electrons. The highest BCUT2D eigenvalue weighted by Crippen LogP contribution is 2.26. The van der Waals surface area contributed by atoms with Gasteiger partial charge in [0.2, 0.25) is 0 Å². The van der Waals surface area contributed by atoms with Gasteiger partial charge in [0, 0.05) is 46.5 Å². The van der Waals surface area contributed by atoms with Gasteiger partial charge in [-0.2, -0.15) is 10.2 Å². The highest BCUT2D eigenvalue weighted by atomic mass is 15.3. The van der Waals surface area contributed by atoms with Gasteiger partial charge in [0.25, 0.3) is 0 Å². The van der Waals surface area contributed by atoms with Gasteiger partial charge >= 0.3 is 0 Å². The molecule has 0 saturated heterocycles. The Morgan fingerprint density at radius 1 is 0.933 bits per heavy atom. The van der Waals surface area contributed by atoms with Crippen LogP contribution in [0.5, 0.6) is 0 Å². The molecule has 5 nitrogen and oxygen atoms in total. The van der Waals surface area contributed by atoms with E-state index in [1.54, 1.807) is 0 Å². The first-order valence-electron chi connectivity index (χ1n) is 10.7. The Balaban J connectivity index is 1.58. The van der Waals surface area contributed by atoms with E-state index in [-0.39, 0.29) is 6.04 Å². The van der Waals surface area contributed by atoms with E-state index in [1.165, 1.54) is 27.6 Å². The first-order valence-corrected chi connectivity index (χ1v) is 10.7. The minimum absolute atomic E-state index is 0.190. The van der Waals surface area contributed by atoms with E-state index < -0.39 is 0 Å². The van der Waals surface area contributed by atoms with Crippen LogP contribution in [0.1, 0.15) is 61.1 Å². The number of nitrogens with one attached hydrogen (secondary N) is 1. The summed E-state index contributed by atoms with van der Waals surface area (Å²) in [6, 6.07) is 15.4. The standard InChI is InChI=1S/C25H31N5/c1-16(2)29-19(5)23(18(4)28-29)14-26-17(3)24-15-27-30(20(24)6)25-13-9-11-21-10-7-8-12-22(21)25/h7-13,15-17,26H,14H2,1-6H3. The number of fused-ring (bicyclic) bond motifs is 1. The number of rotatable bonds is 6. The fourth-order valence-corrected chi connectivity index (χ4v) is 4.30. The van der Waals surface area contributed by atoms with Gasteiger partial charge in [-0.1, -0.05) is 36.4 Å². The summed E-state index contributed by atoms with van der Waals surface area (Å²) in [5.74, 6) is 0. The number of aromatic nitrogens is 4. The Morgan fingerprint density at radius 2 is 1.67 bits per heavy atom. The summed E-state index contributed by atoms with van der Waals surface area (Å²) in [5.41, 5.74) is 7.13. The summed E-state index contributed by atoms with van der Waals surface area (Å²) in [5, 5.41) is 15.6. The average Bonchev–Trinajstić information content (AvgIpc) is 3.25. The van der Waals surface area contributed by atoms with Gasteiger partial charge in [-0.15, -0.1) is 0 Å². The quantitative estimate of drug-likeness (QED) is 0.459. The predicted octanol–water partition coefficient (Wildman–Crippen LogP) is 5.58. The summed E-state index contributed by atoms with van der Waals surface area (Å²) in [6.45, 7) is 13.7. The van der Waals surface area contributed by atoms with E-state index in [9.17, 15) is 0 Å². The lowest BCUT2D eigenvalue weighted by Gasteiger charge is -2.15. The molecular weight excluding hydrogens is 370 g/mol. The molecule has 4 rings (SSSR count). The normalized spacial score (nSPS) is 12.8. The molecule has 1 unspecified atom stereocenters. The summed E-state index contributed by atoms with van der Waals surface area (Å²) in [7, 11) is 0. The van der Waals surface area contributed by atoms with Crippen LogP contribution in [0.3, 0.4) is 0 Å². The van der Waals surface area contributed by atoms with E-state index in [1.807, 2.05) is 6.20 Å². The molecule has 0 amide bonds. The van der Waals surface area contributed by atoms with Crippen molar-refractivity contribution in [1.82, 2.24) is 24.9 Å². The summed E-state index contributed by atoms with van der Waals surface area (Å²) < 4.78 is 4.17. The molecule has 4 aromatic rings. The minimum Gasteiger partial charge on any atom is -0.306 e. The predicted molar refractivity (Wildman–Crippen MR) is 123 cm³/mol. The van der Waals surface area contributed by atoms with Gasteiger partial charge in [0.1, 0.15) is 0 Å². The van der Waals surface area contributed by atoms with E-state index in [4.69, 9.17) is 10.2 Å².